The van der Waals surface area contributed by atoms with Crippen LogP contribution < -0.4 is 5.32 Å². The lowest BCUT2D eigenvalue weighted by molar-refractivity contribution is -0.121. The van der Waals surface area contributed by atoms with Crippen molar-refractivity contribution in [3.8, 4) is 0 Å². The molecule has 0 aromatic heterocycles. The number of nitrogens with one attached hydrogen (secondary N) is 1. The first-order valence-corrected chi connectivity index (χ1v) is 8.80. The lowest BCUT2D eigenvalue weighted by Gasteiger charge is -2.23. The van der Waals surface area contributed by atoms with Crippen molar-refractivity contribution in [1.82, 2.24) is 15.1 Å². The third kappa shape index (κ3) is 5.96. The number of rotatable bonds is 7. The quantitative estimate of drug-likeness (QED) is 0.814. The fraction of sp³-hybridized carbons (Fsp3) is 0.588. The number of hydrogen-bond acceptors (Lipinski definition) is 3. The minimum atomic E-state index is 0.0910. The second-order valence-electron chi connectivity index (χ2n) is 6.27. The number of hydrogen-bond donors (Lipinski definition) is 1. The predicted molar refractivity (Wildman–Crippen MR) is 96.3 cm³/mol. The van der Waals surface area contributed by atoms with E-state index in [1.165, 1.54) is 6.42 Å². The van der Waals surface area contributed by atoms with Crippen molar-refractivity contribution < 1.29 is 4.79 Å². The number of benzene rings is 1. The topological polar surface area (TPSA) is 35.6 Å². The summed E-state index contributed by atoms with van der Waals surface area (Å²) in [4.78, 5) is 16.6. The lowest BCUT2D eigenvalue weighted by atomic mass is 10.1. The Morgan fingerprint density at radius 1 is 1.43 bits per heavy atom. The van der Waals surface area contributed by atoms with Crippen LogP contribution in [0.2, 0.25) is 10.0 Å². The maximum Gasteiger partial charge on any atom is 0.221 e. The summed E-state index contributed by atoms with van der Waals surface area (Å²) in [5.41, 5.74) is 1.00. The number of likely N-dealkylation sites (tertiary alicyclic amines) is 1. The highest BCUT2D eigenvalue weighted by Gasteiger charge is 2.23. The number of carbonyl (C=O) groups is 1. The van der Waals surface area contributed by atoms with Gasteiger partial charge in [-0.25, -0.2) is 0 Å². The molecule has 1 aromatic rings. The summed E-state index contributed by atoms with van der Waals surface area (Å²) >= 11 is 12.0. The van der Waals surface area contributed by atoms with E-state index in [1.807, 2.05) is 12.1 Å². The zero-order valence-corrected chi connectivity index (χ0v) is 15.3. The summed E-state index contributed by atoms with van der Waals surface area (Å²) in [6.45, 7) is 3.62. The van der Waals surface area contributed by atoms with Gasteiger partial charge in [0.15, 0.2) is 0 Å². The molecule has 1 amide bonds. The van der Waals surface area contributed by atoms with E-state index in [4.69, 9.17) is 23.2 Å². The van der Waals surface area contributed by atoms with Gasteiger partial charge in [0.25, 0.3) is 0 Å². The van der Waals surface area contributed by atoms with E-state index >= 15 is 0 Å². The molecule has 128 valence electrons. The van der Waals surface area contributed by atoms with E-state index in [0.29, 0.717) is 35.5 Å². The van der Waals surface area contributed by atoms with Gasteiger partial charge >= 0.3 is 0 Å². The van der Waals surface area contributed by atoms with Gasteiger partial charge in [-0.1, -0.05) is 29.3 Å². The number of amides is 1. The molecule has 4 nitrogen and oxygen atoms in total. The van der Waals surface area contributed by atoms with E-state index in [1.54, 1.807) is 6.07 Å². The number of likely N-dealkylation sites (N-methyl/N-ethyl adjacent to an activating group) is 2. The molecule has 0 spiro atoms. The molecule has 23 heavy (non-hydrogen) atoms. The normalized spacial score (nSPS) is 18.6. The van der Waals surface area contributed by atoms with Gasteiger partial charge in [-0.2, -0.15) is 0 Å². The number of halogens is 2. The standard InChI is InChI=1S/C17H25Cl2N3O/c1-21-9-6-15(12-21)22(2)10-7-17(23)20-8-5-13-3-4-14(18)11-16(13)19/h3-4,11,15H,5-10,12H2,1-2H3,(H,20,23). The van der Waals surface area contributed by atoms with Crippen molar-refractivity contribution in [2.75, 3.05) is 40.3 Å². The van der Waals surface area contributed by atoms with Crippen LogP contribution in [0.4, 0.5) is 0 Å². The minimum Gasteiger partial charge on any atom is -0.356 e. The monoisotopic (exact) mass is 357 g/mol. The van der Waals surface area contributed by atoms with E-state index in [9.17, 15) is 4.79 Å². The minimum absolute atomic E-state index is 0.0910. The van der Waals surface area contributed by atoms with Crippen molar-refractivity contribution in [2.45, 2.75) is 25.3 Å². The van der Waals surface area contributed by atoms with Crippen LogP contribution >= 0.6 is 23.2 Å². The summed E-state index contributed by atoms with van der Waals surface area (Å²) in [6.07, 6.45) is 2.43. The summed E-state index contributed by atoms with van der Waals surface area (Å²) < 4.78 is 0. The molecule has 1 atom stereocenters. The summed E-state index contributed by atoms with van der Waals surface area (Å²) in [5, 5.41) is 4.24. The molecule has 0 aliphatic carbocycles. The molecule has 1 fully saturated rings. The Morgan fingerprint density at radius 3 is 2.87 bits per heavy atom. The zero-order valence-electron chi connectivity index (χ0n) is 13.8. The fourth-order valence-corrected chi connectivity index (χ4v) is 3.38. The molecule has 1 unspecified atom stereocenters. The maximum absolute atomic E-state index is 12.0. The first kappa shape index (κ1) is 18.5. The molecular formula is C17H25Cl2N3O. The van der Waals surface area contributed by atoms with Crippen LogP contribution in [0, 0.1) is 0 Å². The van der Waals surface area contributed by atoms with Crippen LogP contribution in [-0.2, 0) is 11.2 Å². The molecule has 0 saturated carbocycles. The van der Waals surface area contributed by atoms with Crippen molar-refractivity contribution in [2.24, 2.45) is 0 Å². The first-order valence-electron chi connectivity index (χ1n) is 8.05. The summed E-state index contributed by atoms with van der Waals surface area (Å²) in [7, 11) is 4.24. The largest absolute Gasteiger partial charge is 0.356 e. The molecule has 6 heteroatoms. The maximum atomic E-state index is 12.0. The lowest BCUT2D eigenvalue weighted by Crippen LogP contribution is -2.37. The fourth-order valence-electron chi connectivity index (χ4n) is 2.88. The summed E-state index contributed by atoms with van der Waals surface area (Å²) in [6, 6.07) is 6.02. The van der Waals surface area contributed by atoms with Gasteiger partial charge in [0.05, 0.1) is 0 Å². The van der Waals surface area contributed by atoms with Gasteiger partial charge < -0.3 is 15.1 Å². The number of carbonyl (C=O) groups excluding carboxylic acids is 1. The van der Waals surface area contributed by atoms with E-state index in [2.05, 4.69) is 29.2 Å². The molecule has 1 heterocycles. The SMILES string of the molecule is CN1CCC(N(C)CCC(=O)NCCc2ccc(Cl)cc2Cl)C1. The smallest absolute Gasteiger partial charge is 0.221 e. The molecule has 1 aliphatic heterocycles. The average molecular weight is 358 g/mol. The molecule has 0 bridgehead atoms. The molecule has 0 radical (unpaired) electrons. The molecule has 1 aromatic carbocycles. The Balaban J connectivity index is 1.65. The molecule has 2 rings (SSSR count). The van der Waals surface area contributed by atoms with Gasteiger partial charge in [-0.05, 0) is 51.2 Å². The van der Waals surface area contributed by atoms with Crippen molar-refractivity contribution >= 4 is 29.1 Å². The van der Waals surface area contributed by atoms with Crippen LogP contribution in [0.5, 0.6) is 0 Å². The van der Waals surface area contributed by atoms with Crippen LogP contribution in [0.15, 0.2) is 18.2 Å². The Labute approximate surface area is 148 Å². The highest BCUT2D eigenvalue weighted by molar-refractivity contribution is 6.35. The zero-order chi connectivity index (χ0) is 16.8. The number of nitrogens with zero attached hydrogens (tertiary/aromatic N) is 2. The average Bonchev–Trinajstić information content (AvgIpc) is 2.93. The molecular weight excluding hydrogens is 333 g/mol. The Bertz CT molecular complexity index is 539. The Hall–Kier alpha value is -0.810. The second kappa shape index (κ2) is 8.88. The van der Waals surface area contributed by atoms with E-state index in [0.717, 1.165) is 25.2 Å². The highest BCUT2D eigenvalue weighted by atomic mass is 35.5. The van der Waals surface area contributed by atoms with Crippen molar-refractivity contribution in [3.63, 3.8) is 0 Å². The summed E-state index contributed by atoms with van der Waals surface area (Å²) in [5.74, 6) is 0.0910. The molecule has 1 saturated heterocycles. The second-order valence-corrected chi connectivity index (χ2v) is 7.11. The van der Waals surface area contributed by atoms with Gasteiger partial charge in [0.2, 0.25) is 5.91 Å². The third-order valence-corrected chi connectivity index (χ3v) is 5.00. The van der Waals surface area contributed by atoms with Gasteiger partial charge in [-0.15, -0.1) is 0 Å². The van der Waals surface area contributed by atoms with Crippen LogP contribution in [0.3, 0.4) is 0 Å². The van der Waals surface area contributed by atoms with Crippen LogP contribution in [0.25, 0.3) is 0 Å². The van der Waals surface area contributed by atoms with Crippen LogP contribution in [-0.4, -0.2) is 62.0 Å². The highest BCUT2D eigenvalue weighted by Crippen LogP contribution is 2.21. The van der Waals surface area contributed by atoms with Gasteiger partial charge in [-0.3, -0.25) is 4.79 Å². The van der Waals surface area contributed by atoms with E-state index in [-0.39, 0.29) is 5.91 Å². The van der Waals surface area contributed by atoms with E-state index < -0.39 is 0 Å². The third-order valence-electron chi connectivity index (χ3n) is 4.41. The van der Waals surface area contributed by atoms with Crippen LogP contribution in [0.1, 0.15) is 18.4 Å². The van der Waals surface area contributed by atoms with Crippen molar-refractivity contribution in [1.29, 1.82) is 0 Å². The van der Waals surface area contributed by atoms with Gasteiger partial charge in [0, 0.05) is 42.1 Å². The molecule has 1 aliphatic rings. The van der Waals surface area contributed by atoms with Gasteiger partial charge in [0.1, 0.15) is 0 Å². The first-order chi connectivity index (χ1) is 11.0. The van der Waals surface area contributed by atoms with Crippen molar-refractivity contribution in [3.05, 3.63) is 33.8 Å². The Kier molecular flexibility index (Phi) is 7.15. The molecule has 1 N–H and O–H groups in total. The predicted octanol–water partition coefficient (Wildman–Crippen LogP) is 2.68. The Morgan fingerprint density at radius 2 is 2.22 bits per heavy atom.